The lowest BCUT2D eigenvalue weighted by Gasteiger charge is -2.10. The number of hydrogen-bond acceptors (Lipinski definition) is 3. The molecule has 1 aromatic heterocycles. The highest BCUT2D eigenvalue weighted by Gasteiger charge is 2.09. The molecule has 0 unspecified atom stereocenters. The Morgan fingerprint density at radius 3 is 2.39 bits per heavy atom. The Morgan fingerprint density at radius 2 is 1.83 bits per heavy atom. The molecule has 0 radical (unpaired) electrons. The number of carbonyl (C=O) groups excluding carboxylic acids is 1. The first kappa shape index (κ1) is 12.1. The summed E-state index contributed by atoms with van der Waals surface area (Å²) in [7, 11) is 3.42. The van der Waals surface area contributed by atoms with E-state index in [2.05, 4.69) is 4.98 Å². The van der Waals surface area contributed by atoms with Gasteiger partial charge in [0.1, 0.15) is 11.4 Å². The Balaban J connectivity index is 2.34. The lowest BCUT2D eigenvalue weighted by atomic mass is 10.1. The van der Waals surface area contributed by atoms with Gasteiger partial charge < -0.3 is 10.0 Å². The largest absolute Gasteiger partial charge is 0.506 e. The van der Waals surface area contributed by atoms with Gasteiger partial charge in [0.05, 0.1) is 0 Å². The molecule has 0 bridgehead atoms. The number of amides is 1. The molecule has 18 heavy (non-hydrogen) atoms. The van der Waals surface area contributed by atoms with Crippen molar-refractivity contribution in [2.75, 3.05) is 14.1 Å². The molecule has 0 fully saturated rings. The Bertz CT molecular complexity index is 562. The van der Waals surface area contributed by atoms with Gasteiger partial charge in [-0.15, -0.1) is 0 Å². The van der Waals surface area contributed by atoms with Crippen LogP contribution >= 0.6 is 0 Å². The summed E-state index contributed by atoms with van der Waals surface area (Å²) in [5.74, 6) is 0.0796. The summed E-state index contributed by atoms with van der Waals surface area (Å²) in [5.41, 5.74) is 1.91. The SMILES string of the molecule is CN(C)C(=O)c1ccc(-c2ncccc2O)cc1. The molecule has 1 N–H and O–H groups in total. The summed E-state index contributed by atoms with van der Waals surface area (Å²) in [6, 6.07) is 10.3. The molecule has 0 aliphatic rings. The van der Waals surface area contributed by atoms with Crippen LogP contribution in [0, 0.1) is 0 Å². The highest BCUT2D eigenvalue weighted by atomic mass is 16.3. The van der Waals surface area contributed by atoms with E-state index in [4.69, 9.17) is 0 Å². The van der Waals surface area contributed by atoms with Crippen LogP contribution in [0.15, 0.2) is 42.6 Å². The van der Waals surface area contributed by atoms with Crippen LogP contribution in [0.5, 0.6) is 5.75 Å². The lowest BCUT2D eigenvalue weighted by molar-refractivity contribution is 0.0827. The number of carbonyl (C=O) groups is 1. The van der Waals surface area contributed by atoms with E-state index < -0.39 is 0 Å². The van der Waals surface area contributed by atoms with Gasteiger partial charge >= 0.3 is 0 Å². The van der Waals surface area contributed by atoms with Crippen LogP contribution in [0.2, 0.25) is 0 Å². The van der Waals surface area contributed by atoms with Gasteiger partial charge in [-0.25, -0.2) is 0 Å². The van der Waals surface area contributed by atoms with Gasteiger partial charge in [-0.1, -0.05) is 12.1 Å². The fourth-order valence-electron chi connectivity index (χ4n) is 1.65. The molecule has 4 nitrogen and oxygen atoms in total. The fraction of sp³-hybridized carbons (Fsp3) is 0.143. The van der Waals surface area contributed by atoms with Crippen molar-refractivity contribution in [3.05, 3.63) is 48.2 Å². The first-order chi connectivity index (χ1) is 8.59. The van der Waals surface area contributed by atoms with E-state index in [1.807, 2.05) is 0 Å². The smallest absolute Gasteiger partial charge is 0.253 e. The van der Waals surface area contributed by atoms with Crippen LogP contribution in [0.4, 0.5) is 0 Å². The second-order valence-electron chi connectivity index (χ2n) is 4.15. The van der Waals surface area contributed by atoms with Crippen molar-refractivity contribution < 1.29 is 9.90 Å². The summed E-state index contributed by atoms with van der Waals surface area (Å²) in [4.78, 5) is 17.4. The Morgan fingerprint density at radius 1 is 1.17 bits per heavy atom. The zero-order valence-electron chi connectivity index (χ0n) is 10.3. The minimum Gasteiger partial charge on any atom is -0.506 e. The molecule has 0 saturated heterocycles. The molecule has 1 aromatic carbocycles. The lowest BCUT2D eigenvalue weighted by Crippen LogP contribution is -2.21. The molecule has 0 spiro atoms. The summed E-state index contributed by atoms with van der Waals surface area (Å²) in [5, 5.41) is 9.69. The van der Waals surface area contributed by atoms with Gasteiger partial charge in [-0.2, -0.15) is 0 Å². The van der Waals surface area contributed by atoms with E-state index in [1.54, 1.807) is 56.7 Å². The Hall–Kier alpha value is -2.36. The summed E-state index contributed by atoms with van der Waals surface area (Å²) in [6.45, 7) is 0. The van der Waals surface area contributed by atoms with E-state index in [1.165, 1.54) is 4.90 Å². The Labute approximate surface area is 106 Å². The predicted octanol–water partition coefficient (Wildman–Crippen LogP) is 2.16. The minimum atomic E-state index is -0.0493. The standard InChI is InChI=1S/C14H14N2O2/c1-16(2)14(18)11-7-5-10(6-8-11)13-12(17)4-3-9-15-13/h3-9,17H,1-2H3. The molecule has 1 amide bonds. The third kappa shape index (κ3) is 2.32. The first-order valence-electron chi connectivity index (χ1n) is 5.55. The number of pyridine rings is 1. The average Bonchev–Trinajstić information content (AvgIpc) is 2.38. The van der Waals surface area contributed by atoms with E-state index in [-0.39, 0.29) is 11.7 Å². The van der Waals surface area contributed by atoms with Crippen molar-refractivity contribution in [3.63, 3.8) is 0 Å². The molecule has 2 aromatic rings. The van der Waals surface area contributed by atoms with Crippen LogP contribution in [-0.4, -0.2) is 35.0 Å². The van der Waals surface area contributed by atoms with Crippen molar-refractivity contribution in [2.45, 2.75) is 0 Å². The third-order valence-corrected chi connectivity index (χ3v) is 2.60. The monoisotopic (exact) mass is 242 g/mol. The number of hydrogen-bond donors (Lipinski definition) is 1. The number of aromatic hydroxyl groups is 1. The second-order valence-corrected chi connectivity index (χ2v) is 4.15. The van der Waals surface area contributed by atoms with Gasteiger partial charge in [0.2, 0.25) is 0 Å². The predicted molar refractivity (Wildman–Crippen MR) is 69.4 cm³/mol. The normalized spacial score (nSPS) is 10.1. The van der Waals surface area contributed by atoms with Gasteiger partial charge in [-0.05, 0) is 24.3 Å². The van der Waals surface area contributed by atoms with Crippen molar-refractivity contribution >= 4 is 5.91 Å². The molecule has 0 atom stereocenters. The van der Waals surface area contributed by atoms with Crippen molar-refractivity contribution in [3.8, 4) is 17.0 Å². The molecule has 0 aliphatic heterocycles. The van der Waals surface area contributed by atoms with E-state index in [9.17, 15) is 9.90 Å². The van der Waals surface area contributed by atoms with Crippen LogP contribution < -0.4 is 0 Å². The molecule has 0 aliphatic carbocycles. The van der Waals surface area contributed by atoms with Gasteiger partial charge in [-0.3, -0.25) is 9.78 Å². The number of nitrogens with zero attached hydrogens (tertiary/aromatic N) is 2. The second kappa shape index (κ2) is 4.87. The Kier molecular flexibility index (Phi) is 3.28. The first-order valence-corrected chi connectivity index (χ1v) is 5.55. The zero-order valence-corrected chi connectivity index (χ0v) is 10.3. The molecule has 2 rings (SSSR count). The highest BCUT2D eigenvalue weighted by molar-refractivity contribution is 5.94. The number of rotatable bonds is 2. The third-order valence-electron chi connectivity index (χ3n) is 2.60. The van der Waals surface area contributed by atoms with E-state index in [0.29, 0.717) is 11.3 Å². The van der Waals surface area contributed by atoms with Crippen LogP contribution in [0.3, 0.4) is 0 Å². The van der Waals surface area contributed by atoms with Crippen molar-refractivity contribution in [2.24, 2.45) is 0 Å². The number of aromatic nitrogens is 1. The van der Waals surface area contributed by atoms with Crippen LogP contribution in [-0.2, 0) is 0 Å². The summed E-state index contributed by atoms with van der Waals surface area (Å²) in [6.07, 6.45) is 1.62. The van der Waals surface area contributed by atoms with Crippen LogP contribution in [0.25, 0.3) is 11.3 Å². The van der Waals surface area contributed by atoms with E-state index in [0.717, 1.165) is 5.56 Å². The fourth-order valence-corrected chi connectivity index (χ4v) is 1.65. The van der Waals surface area contributed by atoms with Gasteiger partial charge in [0, 0.05) is 31.4 Å². The molecule has 92 valence electrons. The summed E-state index contributed by atoms with van der Waals surface area (Å²) < 4.78 is 0. The highest BCUT2D eigenvalue weighted by Crippen LogP contribution is 2.26. The van der Waals surface area contributed by atoms with E-state index >= 15 is 0 Å². The zero-order chi connectivity index (χ0) is 13.1. The maximum absolute atomic E-state index is 11.7. The molecular formula is C14H14N2O2. The van der Waals surface area contributed by atoms with Crippen molar-refractivity contribution in [1.29, 1.82) is 0 Å². The summed E-state index contributed by atoms with van der Waals surface area (Å²) >= 11 is 0. The molecule has 1 heterocycles. The minimum absolute atomic E-state index is 0.0493. The number of benzene rings is 1. The van der Waals surface area contributed by atoms with Crippen LogP contribution in [0.1, 0.15) is 10.4 Å². The van der Waals surface area contributed by atoms with Gasteiger partial charge in [0.25, 0.3) is 5.91 Å². The molecule has 0 saturated carbocycles. The van der Waals surface area contributed by atoms with Gasteiger partial charge in [0.15, 0.2) is 0 Å². The molecule has 4 heteroatoms. The quantitative estimate of drug-likeness (QED) is 0.878. The topological polar surface area (TPSA) is 53.4 Å². The molecular weight excluding hydrogens is 228 g/mol. The maximum atomic E-state index is 11.7. The van der Waals surface area contributed by atoms with Crippen molar-refractivity contribution in [1.82, 2.24) is 9.88 Å². The maximum Gasteiger partial charge on any atom is 0.253 e. The average molecular weight is 242 g/mol.